The fraction of sp³-hybridized carbons (Fsp3) is 0.348. The van der Waals surface area contributed by atoms with E-state index >= 15 is 0 Å². The molecular formula is C23H22ClF3N4O. The largest absolute Gasteiger partial charge is 0.435 e. The first-order valence-corrected chi connectivity index (χ1v) is 10.6. The van der Waals surface area contributed by atoms with Crippen LogP contribution >= 0.6 is 11.6 Å². The monoisotopic (exact) mass is 462 g/mol. The van der Waals surface area contributed by atoms with Crippen molar-refractivity contribution in [3.63, 3.8) is 0 Å². The number of benzene rings is 1. The molecule has 3 aromatic rings. The lowest BCUT2D eigenvalue weighted by Crippen LogP contribution is -2.25. The minimum absolute atomic E-state index is 0.0675. The molecule has 5 nitrogen and oxygen atoms in total. The van der Waals surface area contributed by atoms with Crippen LogP contribution in [0.15, 0.2) is 36.5 Å². The first-order valence-electron chi connectivity index (χ1n) is 10.3. The zero-order valence-electron chi connectivity index (χ0n) is 17.8. The number of allylic oxidation sites excluding steroid dienone is 1. The molecule has 1 aliphatic heterocycles. The van der Waals surface area contributed by atoms with Crippen LogP contribution in [0.2, 0.25) is 5.02 Å². The average molecular weight is 463 g/mol. The molecule has 0 fully saturated rings. The maximum absolute atomic E-state index is 13.4. The van der Waals surface area contributed by atoms with E-state index in [1.165, 1.54) is 17.6 Å². The third-order valence-corrected chi connectivity index (χ3v) is 5.83. The normalized spacial score (nSPS) is 15.9. The van der Waals surface area contributed by atoms with Crippen LogP contribution in [0.25, 0.3) is 11.8 Å². The first-order chi connectivity index (χ1) is 15.1. The van der Waals surface area contributed by atoms with E-state index in [0.717, 1.165) is 16.9 Å². The number of alkyl halides is 3. The maximum atomic E-state index is 13.4. The summed E-state index contributed by atoms with van der Waals surface area (Å²) in [6.45, 7) is 5.51. The molecule has 1 unspecified atom stereocenters. The van der Waals surface area contributed by atoms with Gasteiger partial charge in [-0.2, -0.15) is 18.3 Å². The first kappa shape index (κ1) is 22.3. The second kappa shape index (κ2) is 8.24. The SMILES string of the molecule is Cc1nc(C(F)(F)F)c2n1C(C(=O)Cc1cnn(-c3ccc(Cl)cc3)c1C(C)C)CC=C2. The van der Waals surface area contributed by atoms with Gasteiger partial charge in [-0.05, 0) is 49.6 Å². The second-order valence-electron chi connectivity index (χ2n) is 8.16. The van der Waals surface area contributed by atoms with Crippen molar-refractivity contribution in [1.29, 1.82) is 0 Å². The van der Waals surface area contributed by atoms with Crippen molar-refractivity contribution in [3.05, 3.63) is 70.0 Å². The Kier molecular flexibility index (Phi) is 5.75. The van der Waals surface area contributed by atoms with Crippen LogP contribution in [0, 0.1) is 6.92 Å². The Morgan fingerprint density at radius 1 is 1.25 bits per heavy atom. The highest BCUT2D eigenvalue weighted by atomic mass is 35.5. The Morgan fingerprint density at radius 3 is 2.56 bits per heavy atom. The molecule has 0 amide bonds. The van der Waals surface area contributed by atoms with E-state index in [2.05, 4.69) is 10.1 Å². The van der Waals surface area contributed by atoms with Crippen molar-refractivity contribution in [1.82, 2.24) is 19.3 Å². The lowest BCUT2D eigenvalue weighted by atomic mass is 9.96. The number of ketones is 1. The van der Waals surface area contributed by atoms with Crippen LogP contribution in [-0.2, 0) is 17.4 Å². The molecule has 0 saturated carbocycles. The highest BCUT2D eigenvalue weighted by Crippen LogP contribution is 2.37. The maximum Gasteiger partial charge on any atom is 0.435 e. The molecule has 0 spiro atoms. The van der Waals surface area contributed by atoms with E-state index in [0.29, 0.717) is 11.4 Å². The van der Waals surface area contributed by atoms with Gasteiger partial charge in [0, 0.05) is 17.0 Å². The molecule has 0 radical (unpaired) electrons. The van der Waals surface area contributed by atoms with Crippen molar-refractivity contribution in [2.45, 2.75) is 51.7 Å². The average Bonchev–Trinajstić information content (AvgIpc) is 3.30. The van der Waals surface area contributed by atoms with Gasteiger partial charge in [0.1, 0.15) is 5.82 Å². The molecule has 4 rings (SSSR count). The lowest BCUT2D eigenvalue weighted by molar-refractivity contribution is -0.141. The Bertz CT molecular complexity index is 1190. The number of carbonyl (C=O) groups is 1. The van der Waals surface area contributed by atoms with E-state index in [-0.39, 0.29) is 29.6 Å². The summed E-state index contributed by atoms with van der Waals surface area (Å²) in [4.78, 5) is 17.0. The summed E-state index contributed by atoms with van der Waals surface area (Å²) >= 11 is 5.99. The molecule has 1 aromatic carbocycles. The number of fused-ring (bicyclic) bond motifs is 1. The second-order valence-corrected chi connectivity index (χ2v) is 8.59. The molecule has 0 aliphatic carbocycles. The van der Waals surface area contributed by atoms with E-state index < -0.39 is 17.9 Å². The predicted molar refractivity (Wildman–Crippen MR) is 116 cm³/mol. The lowest BCUT2D eigenvalue weighted by Gasteiger charge is -2.23. The molecule has 0 bridgehead atoms. The van der Waals surface area contributed by atoms with Crippen LogP contribution in [0.3, 0.4) is 0 Å². The molecule has 1 atom stereocenters. The summed E-state index contributed by atoms with van der Waals surface area (Å²) in [6.07, 6.45) is 0.467. The van der Waals surface area contributed by atoms with Crippen LogP contribution < -0.4 is 0 Å². The Balaban J connectivity index is 1.67. The van der Waals surface area contributed by atoms with Gasteiger partial charge < -0.3 is 4.57 Å². The van der Waals surface area contributed by atoms with Crippen molar-refractivity contribution < 1.29 is 18.0 Å². The quantitative estimate of drug-likeness (QED) is 0.471. The standard InChI is InChI=1S/C23H22ClF3N4O/c1-13(2)21-15(12-28-31(21)17-9-7-16(24)8-10-17)11-20(32)18-5-4-6-19-22(23(25,26)27)29-14(3)30(18)19/h4,6-10,12-13,18H,5,11H2,1-3H3. The highest BCUT2D eigenvalue weighted by Gasteiger charge is 2.40. The number of Topliss-reactive ketones (excluding diaryl/α,β-unsaturated/α-hetero) is 1. The van der Waals surface area contributed by atoms with E-state index in [4.69, 9.17) is 11.6 Å². The summed E-state index contributed by atoms with van der Waals surface area (Å²) < 4.78 is 43.3. The number of imidazole rings is 1. The van der Waals surface area contributed by atoms with Gasteiger partial charge in [0.2, 0.25) is 0 Å². The smallest absolute Gasteiger partial charge is 0.317 e. The molecule has 3 heterocycles. The fourth-order valence-electron chi connectivity index (χ4n) is 4.25. The van der Waals surface area contributed by atoms with Gasteiger partial charge in [-0.25, -0.2) is 9.67 Å². The summed E-state index contributed by atoms with van der Waals surface area (Å²) in [5.74, 6) is 0.0722. The van der Waals surface area contributed by atoms with E-state index in [1.807, 2.05) is 26.0 Å². The summed E-state index contributed by atoms with van der Waals surface area (Å²) in [5.41, 5.74) is 1.43. The number of aryl methyl sites for hydroxylation is 1. The Morgan fingerprint density at radius 2 is 1.94 bits per heavy atom. The molecule has 1 aliphatic rings. The molecular weight excluding hydrogens is 441 g/mol. The van der Waals surface area contributed by atoms with Crippen LogP contribution in [-0.4, -0.2) is 25.1 Å². The van der Waals surface area contributed by atoms with Crippen molar-refractivity contribution in [3.8, 4) is 5.69 Å². The third-order valence-electron chi connectivity index (χ3n) is 5.58. The minimum atomic E-state index is -4.58. The zero-order chi connectivity index (χ0) is 23.2. The van der Waals surface area contributed by atoms with Crippen molar-refractivity contribution in [2.24, 2.45) is 0 Å². The highest BCUT2D eigenvalue weighted by molar-refractivity contribution is 6.30. The van der Waals surface area contributed by atoms with Gasteiger partial charge in [-0.15, -0.1) is 0 Å². The van der Waals surface area contributed by atoms with Gasteiger partial charge >= 0.3 is 6.18 Å². The Hall–Kier alpha value is -2.87. The Labute approximate surface area is 188 Å². The molecule has 2 aromatic heterocycles. The molecule has 9 heteroatoms. The number of hydrogen-bond acceptors (Lipinski definition) is 3. The topological polar surface area (TPSA) is 52.7 Å². The number of carbonyl (C=O) groups excluding carboxylic acids is 1. The van der Waals surface area contributed by atoms with Gasteiger partial charge in [0.05, 0.1) is 29.3 Å². The minimum Gasteiger partial charge on any atom is -0.317 e. The molecule has 32 heavy (non-hydrogen) atoms. The fourth-order valence-corrected chi connectivity index (χ4v) is 4.37. The summed E-state index contributed by atoms with van der Waals surface area (Å²) in [6, 6.07) is 6.49. The summed E-state index contributed by atoms with van der Waals surface area (Å²) in [7, 11) is 0. The van der Waals surface area contributed by atoms with Crippen LogP contribution in [0.1, 0.15) is 60.7 Å². The van der Waals surface area contributed by atoms with E-state index in [9.17, 15) is 18.0 Å². The third kappa shape index (κ3) is 3.99. The molecule has 0 N–H and O–H groups in total. The number of rotatable bonds is 5. The van der Waals surface area contributed by atoms with Crippen molar-refractivity contribution >= 4 is 23.5 Å². The van der Waals surface area contributed by atoms with Gasteiger partial charge in [0.25, 0.3) is 0 Å². The van der Waals surface area contributed by atoms with E-state index in [1.54, 1.807) is 29.1 Å². The van der Waals surface area contributed by atoms with Crippen molar-refractivity contribution in [2.75, 3.05) is 0 Å². The molecule has 168 valence electrons. The zero-order valence-corrected chi connectivity index (χ0v) is 18.6. The predicted octanol–water partition coefficient (Wildman–Crippen LogP) is 5.94. The number of aromatic nitrogens is 4. The van der Waals surface area contributed by atoms with Gasteiger partial charge in [0.15, 0.2) is 11.5 Å². The number of halogens is 4. The van der Waals surface area contributed by atoms with Crippen LogP contribution in [0.4, 0.5) is 13.2 Å². The van der Waals surface area contributed by atoms with Gasteiger partial charge in [-0.1, -0.05) is 31.5 Å². The van der Waals surface area contributed by atoms with Gasteiger partial charge in [-0.3, -0.25) is 4.79 Å². The number of nitrogens with zero attached hydrogens (tertiary/aromatic N) is 4. The van der Waals surface area contributed by atoms with Crippen LogP contribution in [0.5, 0.6) is 0 Å². The molecule has 0 saturated heterocycles. The summed E-state index contributed by atoms with van der Waals surface area (Å²) in [5, 5.41) is 5.08. The number of hydrogen-bond donors (Lipinski definition) is 0.